The molecule has 6 heteroatoms. The highest BCUT2D eigenvalue weighted by Gasteiger charge is 2.26. The molecule has 0 aromatic rings. The second kappa shape index (κ2) is 61.6. The van der Waals surface area contributed by atoms with Crippen LogP contribution in [0.15, 0.2) is 0 Å². The van der Waals surface area contributed by atoms with E-state index in [1.807, 2.05) is 0 Å². The Kier molecular flexibility index (Phi) is 63.5. The van der Waals surface area contributed by atoms with Gasteiger partial charge in [-0.2, -0.15) is 0 Å². The molecule has 0 atom stereocenters. The standard InChI is InChI=1S/C64H132N.H3O4P/c1-5-9-13-17-21-25-29-33-37-41-45-49-53-57-61-65(62-58-54-50-46-42-38-34-30-26-22-18-14-10-6-2,63-59-55-51-47-43-39-35-31-27-23-19-15-11-7-3)64-60-56-52-48-44-40-36-32-28-24-20-16-12-8-4;1-5(2,3)4/h5-64H2,1-4H3;(H3,1,2,3,4)/q+1;/p-1. The van der Waals surface area contributed by atoms with Gasteiger partial charge in [0, 0.05) is 0 Å². The Hall–Kier alpha value is 0.0700. The molecule has 0 amide bonds. The predicted octanol–water partition coefficient (Wildman–Crippen LogP) is 22.2. The second-order valence-electron chi connectivity index (χ2n) is 23.1. The van der Waals surface area contributed by atoms with Crippen molar-refractivity contribution < 1.29 is 23.7 Å². The van der Waals surface area contributed by atoms with Gasteiger partial charge in [0.1, 0.15) is 0 Å². The summed E-state index contributed by atoms with van der Waals surface area (Å²) in [6.07, 6.45) is 82.7. The van der Waals surface area contributed by atoms with Gasteiger partial charge in [0.15, 0.2) is 0 Å². The fourth-order valence-corrected chi connectivity index (χ4v) is 11.2. The van der Waals surface area contributed by atoms with E-state index in [1.165, 1.54) is 390 Å². The predicted molar refractivity (Wildman–Crippen MR) is 313 cm³/mol. The zero-order chi connectivity index (χ0) is 51.4. The Bertz CT molecular complexity index is 831. The molecule has 5 nitrogen and oxygen atoms in total. The highest BCUT2D eigenvalue weighted by Crippen LogP contribution is 2.23. The Morgan fingerprint density at radius 2 is 0.314 bits per heavy atom. The van der Waals surface area contributed by atoms with Gasteiger partial charge in [0.05, 0.1) is 26.2 Å². The smallest absolute Gasteiger partial charge is 0.262 e. The molecule has 424 valence electrons. The third-order valence-electron chi connectivity index (χ3n) is 15.9. The van der Waals surface area contributed by atoms with Crippen LogP contribution in [0.1, 0.15) is 387 Å². The molecule has 0 spiro atoms. The lowest BCUT2D eigenvalue weighted by Gasteiger charge is -2.40. The molecular formula is C64H134NO4P. The van der Waals surface area contributed by atoms with Crippen molar-refractivity contribution in [3.05, 3.63) is 0 Å². The number of hydrogen-bond acceptors (Lipinski definition) is 2. The van der Waals surface area contributed by atoms with Crippen molar-refractivity contribution >= 4 is 7.82 Å². The lowest BCUT2D eigenvalue weighted by molar-refractivity contribution is -0.929. The van der Waals surface area contributed by atoms with Crippen LogP contribution < -0.4 is 4.89 Å². The Morgan fingerprint density at radius 1 is 0.229 bits per heavy atom. The van der Waals surface area contributed by atoms with E-state index in [-0.39, 0.29) is 0 Å². The molecular weight excluding hydrogens is 878 g/mol. The lowest BCUT2D eigenvalue weighted by Crippen LogP contribution is -2.50. The first kappa shape index (κ1) is 72.1. The van der Waals surface area contributed by atoms with E-state index < -0.39 is 7.82 Å². The molecule has 0 saturated heterocycles. The summed E-state index contributed by atoms with van der Waals surface area (Å²) in [6, 6.07) is 0. The van der Waals surface area contributed by atoms with Gasteiger partial charge in [-0.25, -0.2) is 0 Å². The van der Waals surface area contributed by atoms with Gasteiger partial charge in [-0.15, -0.1) is 0 Å². The summed E-state index contributed by atoms with van der Waals surface area (Å²) >= 11 is 0. The fraction of sp³-hybridized carbons (Fsp3) is 1.00. The van der Waals surface area contributed by atoms with Crippen LogP contribution in [0.5, 0.6) is 0 Å². The summed E-state index contributed by atoms with van der Waals surface area (Å²) in [5.74, 6) is 0. The SMILES string of the molecule is CCCCCCCCCCCCCCCC[N+](CCCCCCCCCCCCCCCC)(CCCCCCCCCCCCCCCC)CCCCCCCCCCCCCCCC.O=P([O-])(O)O. The zero-order valence-electron chi connectivity index (χ0n) is 49.0. The lowest BCUT2D eigenvalue weighted by atomic mass is 10.0. The Balaban J connectivity index is 0. The van der Waals surface area contributed by atoms with E-state index in [0.717, 1.165) is 0 Å². The molecule has 0 unspecified atom stereocenters. The summed E-state index contributed by atoms with van der Waals surface area (Å²) in [7, 11) is -4.89. The normalized spacial score (nSPS) is 12.0. The summed E-state index contributed by atoms with van der Waals surface area (Å²) < 4.78 is 10.3. The molecule has 0 radical (unpaired) electrons. The molecule has 2 N–H and O–H groups in total. The molecule has 0 aliphatic heterocycles. The van der Waals surface area contributed by atoms with Gasteiger partial charge < -0.3 is 19.2 Å². The number of rotatable bonds is 60. The first-order valence-electron chi connectivity index (χ1n) is 32.9. The molecule has 70 heavy (non-hydrogen) atoms. The number of hydrogen-bond donors (Lipinski definition) is 2. The molecule has 0 bridgehead atoms. The molecule has 0 saturated carbocycles. The van der Waals surface area contributed by atoms with Crippen molar-refractivity contribution in [3.63, 3.8) is 0 Å². The van der Waals surface area contributed by atoms with Gasteiger partial charge in [0.2, 0.25) is 0 Å². The van der Waals surface area contributed by atoms with Crippen molar-refractivity contribution in [2.75, 3.05) is 26.2 Å². The van der Waals surface area contributed by atoms with Crippen molar-refractivity contribution in [2.24, 2.45) is 0 Å². The molecule has 0 rings (SSSR count). The maximum Gasteiger partial charge on any atom is 0.262 e. The monoisotopic (exact) mass is 1010 g/mol. The maximum atomic E-state index is 8.77. The minimum absolute atomic E-state index is 1.37. The maximum absolute atomic E-state index is 8.77. The fourth-order valence-electron chi connectivity index (χ4n) is 11.2. The van der Waals surface area contributed by atoms with Gasteiger partial charge in [0.25, 0.3) is 7.82 Å². The van der Waals surface area contributed by atoms with Crippen LogP contribution in [0.4, 0.5) is 0 Å². The van der Waals surface area contributed by atoms with Crippen LogP contribution in [0.3, 0.4) is 0 Å². The number of unbranched alkanes of at least 4 members (excludes halogenated alkanes) is 52. The zero-order valence-corrected chi connectivity index (χ0v) is 49.9. The van der Waals surface area contributed by atoms with Crippen LogP contribution in [0, 0.1) is 0 Å². The van der Waals surface area contributed by atoms with E-state index in [0.29, 0.717) is 0 Å². The van der Waals surface area contributed by atoms with Gasteiger partial charge in [-0.1, -0.05) is 336 Å². The Labute approximate surface area is 443 Å². The third-order valence-corrected chi connectivity index (χ3v) is 15.9. The largest absolute Gasteiger partial charge is 0.756 e. The van der Waals surface area contributed by atoms with Crippen LogP contribution in [-0.4, -0.2) is 40.4 Å². The van der Waals surface area contributed by atoms with E-state index in [2.05, 4.69) is 27.7 Å². The van der Waals surface area contributed by atoms with E-state index in [4.69, 9.17) is 19.2 Å². The second-order valence-corrected chi connectivity index (χ2v) is 24.1. The van der Waals surface area contributed by atoms with Crippen LogP contribution >= 0.6 is 7.82 Å². The molecule has 0 aliphatic carbocycles. The summed E-state index contributed by atoms with van der Waals surface area (Å²) in [5, 5.41) is 0. The minimum Gasteiger partial charge on any atom is -0.756 e. The number of nitrogens with zero attached hydrogens (tertiary/aromatic N) is 1. The van der Waals surface area contributed by atoms with E-state index in [9.17, 15) is 0 Å². The first-order valence-corrected chi connectivity index (χ1v) is 34.4. The van der Waals surface area contributed by atoms with Crippen molar-refractivity contribution in [2.45, 2.75) is 387 Å². The van der Waals surface area contributed by atoms with E-state index >= 15 is 0 Å². The van der Waals surface area contributed by atoms with Gasteiger partial charge in [-0.05, 0) is 51.4 Å². The Morgan fingerprint density at radius 3 is 0.414 bits per heavy atom. The highest BCUT2D eigenvalue weighted by atomic mass is 31.2. The average Bonchev–Trinajstić information content (AvgIpc) is 3.33. The third kappa shape index (κ3) is 66.1. The summed E-state index contributed by atoms with van der Waals surface area (Å²) in [6.45, 7) is 15.3. The van der Waals surface area contributed by atoms with E-state index in [1.54, 1.807) is 0 Å². The van der Waals surface area contributed by atoms with Crippen LogP contribution in [-0.2, 0) is 4.57 Å². The molecule has 0 fully saturated rings. The summed E-state index contributed by atoms with van der Waals surface area (Å²) in [4.78, 5) is 22.9. The minimum atomic E-state index is -4.89. The van der Waals surface area contributed by atoms with Crippen molar-refractivity contribution in [1.29, 1.82) is 0 Å². The first-order chi connectivity index (χ1) is 34.2. The molecule has 0 aliphatic rings. The number of phosphoric acid groups is 1. The molecule has 0 aromatic carbocycles. The van der Waals surface area contributed by atoms with Crippen LogP contribution in [0.2, 0.25) is 0 Å². The number of quaternary nitrogens is 1. The van der Waals surface area contributed by atoms with Crippen molar-refractivity contribution in [3.8, 4) is 0 Å². The van der Waals surface area contributed by atoms with Gasteiger partial charge in [-0.3, -0.25) is 4.57 Å². The quantitative estimate of drug-likeness (QED) is 0.0361. The summed E-state index contributed by atoms with van der Waals surface area (Å²) in [5.41, 5.74) is 0. The molecule has 0 aromatic heterocycles. The van der Waals surface area contributed by atoms with Crippen LogP contribution in [0.25, 0.3) is 0 Å². The topological polar surface area (TPSA) is 80.6 Å². The van der Waals surface area contributed by atoms with Gasteiger partial charge >= 0.3 is 0 Å². The molecule has 0 heterocycles. The van der Waals surface area contributed by atoms with Crippen molar-refractivity contribution in [1.82, 2.24) is 0 Å². The average molecular weight is 1010 g/mol. The highest BCUT2D eigenvalue weighted by molar-refractivity contribution is 7.43.